The van der Waals surface area contributed by atoms with Crippen molar-refractivity contribution >= 4 is 5.91 Å². The van der Waals surface area contributed by atoms with Crippen LogP contribution in [0.3, 0.4) is 0 Å². The third-order valence-electron chi connectivity index (χ3n) is 4.97. The zero-order valence-corrected chi connectivity index (χ0v) is 14.2. The van der Waals surface area contributed by atoms with Crippen molar-refractivity contribution in [1.29, 1.82) is 0 Å². The number of hydrogen-bond donors (Lipinski definition) is 0. The van der Waals surface area contributed by atoms with Crippen molar-refractivity contribution in [3.05, 3.63) is 17.7 Å². The first-order chi connectivity index (χ1) is 10.5. The van der Waals surface area contributed by atoms with Crippen LogP contribution in [-0.2, 0) is 17.8 Å². The first kappa shape index (κ1) is 15.6. The van der Waals surface area contributed by atoms with Crippen molar-refractivity contribution in [1.82, 2.24) is 14.5 Å². The molecule has 1 aliphatic carbocycles. The molecule has 1 aromatic heterocycles. The molecule has 0 radical (unpaired) electrons. The molecule has 2 fully saturated rings. The van der Waals surface area contributed by atoms with Crippen molar-refractivity contribution in [3.63, 3.8) is 0 Å². The first-order valence-corrected chi connectivity index (χ1v) is 8.81. The number of nitrogens with zero attached hydrogens (tertiary/aromatic N) is 3. The van der Waals surface area contributed by atoms with Gasteiger partial charge in [0, 0.05) is 44.4 Å². The number of aryl methyl sites for hydroxylation is 1. The lowest BCUT2D eigenvalue weighted by atomic mass is 10.0. The molecule has 0 aromatic carbocycles. The Labute approximate surface area is 133 Å². The maximum atomic E-state index is 12.2. The maximum Gasteiger partial charge on any atom is 0.222 e. The lowest BCUT2D eigenvalue weighted by Crippen LogP contribution is -2.29. The Balaban J connectivity index is 1.57. The summed E-state index contributed by atoms with van der Waals surface area (Å²) in [5, 5.41) is 0. The van der Waals surface area contributed by atoms with Crippen molar-refractivity contribution < 1.29 is 4.79 Å². The second-order valence-electron chi connectivity index (χ2n) is 7.67. The summed E-state index contributed by atoms with van der Waals surface area (Å²) in [6.45, 7) is 9.38. The highest BCUT2D eigenvalue weighted by molar-refractivity contribution is 5.76. The van der Waals surface area contributed by atoms with Gasteiger partial charge in [0.1, 0.15) is 5.82 Å². The van der Waals surface area contributed by atoms with Crippen LogP contribution in [0.1, 0.15) is 51.0 Å². The van der Waals surface area contributed by atoms with E-state index in [9.17, 15) is 4.79 Å². The van der Waals surface area contributed by atoms with Gasteiger partial charge in [-0.2, -0.15) is 0 Å². The van der Waals surface area contributed by atoms with Crippen molar-refractivity contribution in [2.75, 3.05) is 13.1 Å². The number of aromatic nitrogens is 2. The Morgan fingerprint density at radius 2 is 2.09 bits per heavy atom. The molecule has 122 valence electrons. The number of likely N-dealkylation sites (tertiary alicyclic amines) is 1. The molecule has 4 heteroatoms. The summed E-state index contributed by atoms with van der Waals surface area (Å²) < 4.78 is 2.41. The summed E-state index contributed by atoms with van der Waals surface area (Å²) in [6.07, 6.45) is 7.58. The van der Waals surface area contributed by atoms with Crippen LogP contribution in [0.4, 0.5) is 0 Å². The number of carbonyl (C=O) groups is 1. The number of carbonyl (C=O) groups excluding carboxylic acids is 1. The van der Waals surface area contributed by atoms with E-state index in [1.807, 2.05) is 6.20 Å². The van der Waals surface area contributed by atoms with Gasteiger partial charge in [-0.25, -0.2) is 4.98 Å². The molecule has 2 aliphatic rings. The molecule has 1 saturated carbocycles. The van der Waals surface area contributed by atoms with Gasteiger partial charge < -0.3 is 9.47 Å². The van der Waals surface area contributed by atoms with Crippen molar-refractivity contribution in [3.8, 4) is 0 Å². The molecule has 1 amide bonds. The SMILES string of the molecule is Cc1cnc(CC2CCN(C(=O)CC(C)C)C2)n1CC1CC1. The topological polar surface area (TPSA) is 38.1 Å². The molecule has 0 N–H and O–H groups in total. The van der Waals surface area contributed by atoms with Crippen LogP contribution in [0, 0.1) is 24.7 Å². The molecule has 22 heavy (non-hydrogen) atoms. The predicted octanol–water partition coefficient (Wildman–Crippen LogP) is 3.04. The normalized spacial score (nSPS) is 21.8. The summed E-state index contributed by atoms with van der Waals surface area (Å²) >= 11 is 0. The van der Waals surface area contributed by atoms with Gasteiger partial charge in [0.25, 0.3) is 0 Å². The second kappa shape index (κ2) is 6.43. The lowest BCUT2D eigenvalue weighted by molar-refractivity contribution is -0.131. The van der Waals surface area contributed by atoms with E-state index >= 15 is 0 Å². The average molecular weight is 303 g/mol. The zero-order valence-electron chi connectivity index (χ0n) is 14.2. The molecule has 2 heterocycles. The highest BCUT2D eigenvalue weighted by Gasteiger charge is 2.29. The average Bonchev–Trinajstić information content (AvgIpc) is 3.05. The summed E-state index contributed by atoms with van der Waals surface area (Å²) in [5.74, 6) is 3.46. The van der Waals surface area contributed by atoms with Crippen LogP contribution in [0.2, 0.25) is 0 Å². The van der Waals surface area contributed by atoms with E-state index in [4.69, 9.17) is 0 Å². The van der Waals surface area contributed by atoms with Gasteiger partial charge in [0.2, 0.25) is 5.91 Å². The van der Waals surface area contributed by atoms with Crippen molar-refractivity contribution in [2.45, 2.75) is 59.4 Å². The smallest absolute Gasteiger partial charge is 0.222 e. The Kier molecular flexibility index (Phi) is 4.55. The third-order valence-corrected chi connectivity index (χ3v) is 4.97. The largest absolute Gasteiger partial charge is 0.342 e. The van der Waals surface area contributed by atoms with Crippen LogP contribution < -0.4 is 0 Å². The number of rotatable bonds is 6. The van der Waals surface area contributed by atoms with Gasteiger partial charge in [-0.15, -0.1) is 0 Å². The van der Waals surface area contributed by atoms with Gasteiger partial charge in [-0.05, 0) is 43.9 Å². The Morgan fingerprint density at radius 1 is 1.32 bits per heavy atom. The van der Waals surface area contributed by atoms with E-state index in [0.717, 1.165) is 38.4 Å². The van der Waals surface area contributed by atoms with Gasteiger partial charge in [0.05, 0.1) is 0 Å². The molecule has 0 spiro atoms. The third kappa shape index (κ3) is 3.71. The number of hydrogen-bond acceptors (Lipinski definition) is 2. The molecular formula is C18H29N3O. The quantitative estimate of drug-likeness (QED) is 0.810. The van der Waals surface area contributed by atoms with E-state index in [1.165, 1.54) is 24.4 Å². The first-order valence-electron chi connectivity index (χ1n) is 8.81. The van der Waals surface area contributed by atoms with Crippen LogP contribution in [-0.4, -0.2) is 33.4 Å². The van der Waals surface area contributed by atoms with E-state index in [1.54, 1.807) is 0 Å². The fourth-order valence-corrected chi connectivity index (χ4v) is 3.44. The Hall–Kier alpha value is -1.32. The monoisotopic (exact) mass is 303 g/mol. The highest BCUT2D eigenvalue weighted by atomic mass is 16.2. The van der Waals surface area contributed by atoms with Gasteiger partial charge in [-0.1, -0.05) is 13.8 Å². The van der Waals surface area contributed by atoms with Gasteiger partial charge >= 0.3 is 0 Å². The Bertz CT molecular complexity index is 530. The molecule has 1 unspecified atom stereocenters. The van der Waals surface area contributed by atoms with E-state index in [-0.39, 0.29) is 0 Å². The molecular weight excluding hydrogens is 274 g/mol. The van der Waals surface area contributed by atoms with Crippen LogP contribution in [0.5, 0.6) is 0 Å². The molecule has 1 atom stereocenters. The second-order valence-corrected chi connectivity index (χ2v) is 7.67. The maximum absolute atomic E-state index is 12.2. The zero-order chi connectivity index (χ0) is 15.7. The molecule has 1 aliphatic heterocycles. The summed E-state index contributed by atoms with van der Waals surface area (Å²) in [6, 6.07) is 0. The Morgan fingerprint density at radius 3 is 2.77 bits per heavy atom. The number of imidazole rings is 1. The number of amides is 1. The predicted molar refractivity (Wildman–Crippen MR) is 87.5 cm³/mol. The summed E-state index contributed by atoms with van der Waals surface area (Å²) in [4.78, 5) is 18.9. The van der Waals surface area contributed by atoms with E-state index in [0.29, 0.717) is 24.2 Å². The van der Waals surface area contributed by atoms with Crippen LogP contribution in [0.15, 0.2) is 6.20 Å². The minimum atomic E-state index is 0.329. The fourth-order valence-electron chi connectivity index (χ4n) is 3.44. The minimum absolute atomic E-state index is 0.329. The van der Waals surface area contributed by atoms with Crippen molar-refractivity contribution in [2.24, 2.45) is 17.8 Å². The van der Waals surface area contributed by atoms with Gasteiger partial charge in [0.15, 0.2) is 0 Å². The molecule has 0 bridgehead atoms. The summed E-state index contributed by atoms with van der Waals surface area (Å²) in [7, 11) is 0. The lowest BCUT2D eigenvalue weighted by Gasteiger charge is -2.18. The van der Waals surface area contributed by atoms with Crippen LogP contribution >= 0.6 is 0 Å². The molecule has 1 aromatic rings. The molecule has 1 saturated heterocycles. The summed E-state index contributed by atoms with van der Waals surface area (Å²) in [5.41, 5.74) is 1.28. The van der Waals surface area contributed by atoms with Crippen LogP contribution in [0.25, 0.3) is 0 Å². The van der Waals surface area contributed by atoms with Gasteiger partial charge in [-0.3, -0.25) is 4.79 Å². The highest BCUT2D eigenvalue weighted by Crippen LogP contribution is 2.32. The molecule has 3 rings (SSSR count). The fraction of sp³-hybridized carbons (Fsp3) is 0.778. The van der Waals surface area contributed by atoms with E-state index < -0.39 is 0 Å². The minimum Gasteiger partial charge on any atom is -0.342 e. The van der Waals surface area contributed by atoms with E-state index in [2.05, 4.69) is 35.2 Å². The molecule has 4 nitrogen and oxygen atoms in total. The standard InChI is InChI=1S/C18H29N3O/c1-13(2)8-18(22)20-7-6-16(11-20)9-17-19-10-14(3)21(17)12-15-4-5-15/h10,13,15-16H,4-9,11-12H2,1-3H3.